The smallest absolute Gasteiger partial charge is 0.407 e. The second-order valence-electron chi connectivity index (χ2n) is 11.2. The Morgan fingerprint density at radius 2 is 1.15 bits per heavy atom. The third-order valence-corrected chi connectivity index (χ3v) is 7.96. The van der Waals surface area contributed by atoms with Crippen LogP contribution in [0.5, 0.6) is 0 Å². The van der Waals surface area contributed by atoms with E-state index in [-0.39, 0.29) is 42.8 Å². The van der Waals surface area contributed by atoms with Crippen molar-refractivity contribution in [3.05, 3.63) is 47.5 Å². The van der Waals surface area contributed by atoms with Crippen LogP contribution < -0.4 is 10.6 Å². The Morgan fingerprint density at radius 1 is 0.660 bits per heavy atom. The molecule has 53 heavy (non-hydrogen) atoms. The number of rotatable bonds is 19. The van der Waals surface area contributed by atoms with Gasteiger partial charge in [0, 0.05) is 24.2 Å². The summed E-state index contributed by atoms with van der Waals surface area (Å²) in [7, 11) is 2.31. The lowest BCUT2D eigenvalue weighted by Crippen LogP contribution is -2.43. The normalized spacial score (nSPS) is 10.5. The average Bonchev–Trinajstić information content (AvgIpc) is 3.66. The Labute approximate surface area is 308 Å². The third kappa shape index (κ3) is 12.3. The van der Waals surface area contributed by atoms with E-state index >= 15 is 0 Å². The van der Waals surface area contributed by atoms with Crippen molar-refractivity contribution in [2.75, 3.05) is 66.7 Å². The Kier molecular flexibility index (Phi) is 16.2. The molecule has 4 amide bonds. The fraction of sp³-hybridized carbons (Fsp3) is 0.412. The molecule has 19 heteroatoms. The van der Waals surface area contributed by atoms with E-state index in [0.29, 0.717) is 29.5 Å². The van der Waals surface area contributed by atoms with Crippen molar-refractivity contribution in [2.24, 2.45) is 0 Å². The molecule has 0 radical (unpaired) electrons. The average molecular weight is 757 g/mol. The SMILES string of the molecule is CCCN(CC(=O)OCC(=O)c1ccc(-c2ccc(C(=O)COC(=O)CN(CCC)C(=O)CNC(=O)OC)c3nsnc23)cc1)C(=O)CNC(=O)OC. The number of aromatic nitrogens is 2. The number of ketones is 2. The number of carbonyl (C=O) groups is 8. The van der Waals surface area contributed by atoms with Gasteiger partial charge in [-0.1, -0.05) is 44.2 Å². The van der Waals surface area contributed by atoms with E-state index in [2.05, 4.69) is 28.9 Å². The topological polar surface area (TPSA) is 230 Å². The minimum atomic E-state index is -0.814. The van der Waals surface area contributed by atoms with Gasteiger partial charge in [0.1, 0.15) is 37.2 Å². The summed E-state index contributed by atoms with van der Waals surface area (Å²) in [5.74, 6) is -3.68. The first kappa shape index (κ1) is 41.4. The molecule has 1 heterocycles. The highest BCUT2D eigenvalue weighted by atomic mass is 32.1. The van der Waals surface area contributed by atoms with Crippen LogP contribution in [0.2, 0.25) is 0 Å². The van der Waals surface area contributed by atoms with Gasteiger partial charge < -0.3 is 39.4 Å². The largest absolute Gasteiger partial charge is 0.456 e. The number of benzene rings is 2. The maximum atomic E-state index is 13.1. The molecular formula is C34H40N6O12S. The van der Waals surface area contributed by atoms with Gasteiger partial charge in [-0.15, -0.1) is 0 Å². The molecule has 2 aromatic carbocycles. The van der Waals surface area contributed by atoms with Crippen molar-refractivity contribution in [1.29, 1.82) is 0 Å². The molecule has 0 aliphatic heterocycles. The number of amides is 4. The first-order valence-electron chi connectivity index (χ1n) is 16.3. The van der Waals surface area contributed by atoms with E-state index < -0.39 is 73.8 Å². The summed E-state index contributed by atoms with van der Waals surface area (Å²) < 4.78 is 27.8. The van der Waals surface area contributed by atoms with Crippen LogP contribution in [0.1, 0.15) is 47.4 Å². The highest BCUT2D eigenvalue weighted by Crippen LogP contribution is 2.30. The number of esters is 2. The van der Waals surface area contributed by atoms with Crippen LogP contribution in [0, 0.1) is 0 Å². The van der Waals surface area contributed by atoms with Crippen molar-refractivity contribution in [3.8, 4) is 11.1 Å². The molecule has 0 unspecified atom stereocenters. The predicted octanol–water partition coefficient (Wildman–Crippen LogP) is 2.00. The van der Waals surface area contributed by atoms with Crippen LogP contribution in [-0.4, -0.2) is 133 Å². The van der Waals surface area contributed by atoms with E-state index in [1.807, 2.05) is 6.92 Å². The number of ether oxygens (including phenoxy) is 4. The van der Waals surface area contributed by atoms with E-state index in [4.69, 9.17) is 9.47 Å². The van der Waals surface area contributed by atoms with E-state index in [0.717, 1.165) is 25.9 Å². The zero-order chi connectivity index (χ0) is 38.9. The number of methoxy groups -OCH3 is 2. The van der Waals surface area contributed by atoms with Crippen LogP contribution in [0.4, 0.5) is 9.59 Å². The highest BCUT2D eigenvalue weighted by molar-refractivity contribution is 7.00. The van der Waals surface area contributed by atoms with Gasteiger partial charge in [-0.05, 0) is 24.5 Å². The van der Waals surface area contributed by atoms with E-state index in [9.17, 15) is 38.4 Å². The molecule has 2 N–H and O–H groups in total. The van der Waals surface area contributed by atoms with Gasteiger partial charge in [-0.3, -0.25) is 28.8 Å². The monoisotopic (exact) mass is 756 g/mol. The molecule has 3 rings (SSSR count). The molecule has 0 saturated carbocycles. The molecule has 18 nitrogen and oxygen atoms in total. The van der Waals surface area contributed by atoms with Gasteiger partial charge in [0.15, 0.2) is 19.0 Å². The summed E-state index contributed by atoms with van der Waals surface area (Å²) >= 11 is 0.880. The molecule has 0 saturated heterocycles. The summed E-state index contributed by atoms with van der Waals surface area (Å²) in [6, 6.07) is 9.58. The van der Waals surface area contributed by atoms with Crippen molar-refractivity contribution in [3.63, 3.8) is 0 Å². The number of alkyl carbamates (subject to hydrolysis) is 2. The number of nitrogens with one attached hydrogen (secondary N) is 2. The number of hydrogen-bond donors (Lipinski definition) is 2. The molecule has 0 spiro atoms. The number of Topliss-reactive ketones (excluding diaryl/α,β-unsaturated/α-hetero) is 2. The Bertz CT molecular complexity index is 1810. The zero-order valence-electron chi connectivity index (χ0n) is 29.6. The molecule has 1 aromatic heterocycles. The minimum Gasteiger partial charge on any atom is -0.456 e. The summed E-state index contributed by atoms with van der Waals surface area (Å²) in [5.41, 5.74) is 2.38. The first-order chi connectivity index (χ1) is 25.4. The number of hydrogen-bond acceptors (Lipinski definition) is 15. The first-order valence-corrected chi connectivity index (χ1v) is 17.1. The lowest BCUT2D eigenvalue weighted by atomic mass is 9.98. The van der Waals surface area contributed by atoms with Crippen LogP contribution >= 0.6 is 11.7 Å². The Hall–Kier alpha value is -5.98. The lowest BCUT2D eigenvalue weighted by Gasteiger charge is -2.21. The standard InChI is InChI=1S/C34H40N6O12S/c1-5-13-39(27(43)15-35-33(47)49-3)17-29(45)51-19-25(41)22-9-7-21(8-10-22)23-11-12-24(32-31(23)37-53-38-32)26(42)20-52-30(46)18-40(14-6-2)28(44)16-36-34(48)50-4/h7-12H,5-6,13-20H2,1-4H3,(H,35,47)(H,36,48). The third-order valence-electron chi connectivity index (χ3n) is 7.43. The molecule has 0 aliphatic rings. The van der Waals surface area contributed by atoms with E-state index in [1.54, 1.807) is 37.3 Å². The van der Waals surface area contributed by atoms with Crippen LogP contribution in [0.15, 0.2) is 36.4 Å². The Balaban J connectivity index is 1.59. The van der Waals surface area contributed by atoms with Crippen LogP contribution in [0.3, 0.4) is 0 Å². The van der Waals surface area contributed by atoms with Gasteiger partial charge >= 0.3 is 24.1 Å². The van der Waals surface area contributed by atoms with Gasteiger partial charge in [0.05, 0.1) is 31.5 Å². The molecule has 284 valence electrons. The van der Waals surface area contributed by atoms with Gasteiger partial charge in [0.25, 0.3) is 0 Å². The van der Waals surface area contributed by atoms with Crippen LogP contribution in [0.25, 0.3) is 22.2 Å². The summed E-state index contributed by atoms with van der Waals surface area (Å²) in [5, 5.41) is 4.51. The summed E-state index contributed by atoms with van der Waals surface area (Å²) in [4.78, 5) is 101. The predicted molar refractivity (Wildman–Crippen MR) is 188 cm³/mol. The Morgan fingerprint density at radius 3 is 1.64 bits per heavy atom. The van der Waals surface area contributed by atoms with Crippen molar-refractivity contribution < 1.29 is 57.3 Å². The molecule has 0 bridgehead atoms. The zero-order valence-corrected chi connectivity index (χ0v) is 30.4. The van der Waals surface area contributed by atoms with Gasteiger partial charge in [-0.2, -0.15) is 8.75 Å². The molecular weight excluding hydrogens is 716 g/mol. The van der Waals surface area contributed by atoms with Gasteiger partial charge in [-0.25, -0.2) is 9.59 Å². The molecule has 0 atom stereocenters. The highest BCUT2D eigenvalue weighted by Gasteiger charge is 2.23. The number of carbonyl (C=O) groups excluding carboxylic acids is 8. The molecule has 3 aromatic rings. The second kappa shape index (κ2) is 20.8. The fourth-order valence-corrected chi connectivity index (χ4v) is 5.38. The quantitative estimate of drug-likeness (QED) is 0.101. The maximum absolute atomic E-state index is 13.1. The summed E-state index contributed by atoms with van der Waals surface area (Å²) in [6.07, 6.45) is -0.503. The van der Waals surface area contributed by atoms with Crippen molar-refractivity contribution in [1.82, 2.24) is 29.2 Å². The lowest BCUT2D eigenvalue weighted by molar-refractivity contribution is -0.148. The molecule has 0 fully saturated rings. The van der Waals surface area contributed by atoms with Crippen molar-refractivity contribution >= 4 is 70.3 Å². The fourth-order valence-electron chi connectivity index (χ4n) is 4.80. The maximum Gasteiger partial charge on any atom is 0.407 e. The minimum absolute atomic E-state index is 0.168. The molecule has 0 aliphatic carbocycles. The number of fused-ring (bicyclic) bond motifs is 1. The van der Waals surface area contributed by atoms with E-state index in [1.165, 1.54) is 15.9 Å². The van der Waals surface area contributed by atoms with Gasteiger partial charge in [0.2, 0.25) is 17.6 Å². The summed E-state index contributed by atoms with van der Waals surface area (Å²) in [6.45, 7) is 1.32. The second-order valence-corrected chi connectivity index (χ2v) is 11.7. The van der Waals surface area contributed by atoms with Crippen molar-refractivity contribution in [2.45, 2.75) is 26.7 Å². The number of nitrogens with zero attached hydrogens (tertiary/aromatic N) is 4. The van der Waals surface area contributed by atoms with Crippen LogP contribution in [-0.2, 0) is 38.1 Å².